The molecule has 0 saturated heterocycles. The Kier molecular flexibility index (Phi) is 2.52. The Hall–Kier alpha value is -2.64. The van der Waals surface area contributed by atoms with E-state index in [1.54, 1.807) is 0 Å². The smallest absolute Gasteiger partial charge is 0.177 e. The second-order valence-electron chi connectivity index (χ2n) is 3.79. The van der Waals surface area contributed by atoms with E-state index < -0.39 is 0 Å². The van der Waals surface area contributed by atoms with E-state index in [-0.39, 0.29) is 0 Å². The highest BCUT2D eigenvalue weighted by molar-refractivity contribution is 5.58. The van der Waals surface area contributed by atoms with Crippen LogP contribution in [0.25, 0.3) is 11.4 Å². The molecule has 0 aliphatic rings. The zero-order valence-electron chi connectivity index (χ0n) is 9.65. The van der Waals surface area contributed by atoms with E-state index in [1.165, 1.54) is 4.80 Å². The van der Waals surface area contributed by atoms with E-state index in [4.69, 9.17) is 0 Å². The number of hydrogen-bond acceptors (Lipinski definition) is 6. The summed E-state index contributed by atoms with van der Waals surface area (Å²) in [5, 5.41) is 25.8. The second-order valence-corrected chi connectivity index (χ2v) is 3.79. The quantitative estimate of drug-likeness (QED) is 0.705. The Bertz CT molecular complexity index is 641. The lowest BCUT2D eigenvalue weighted by atomic mass is 10.1. The van der Waals surface area contributed by atoms with Crippen LogP contribution in [0.4, 0.5) is 0 Å². The van der Waals surface area contributed by atoms with Crippen LogP contribution in [-0.2, 0) is 6.54 Å². The van der Waals surface area contributed by atoms with Crippen molar-refractivity contribution in [1.29, 1.82) is 0 Å². The van der Waals surface area contributed by atoms with Crippen molar-refractivity contribution in [3.63, 3.8) is 0 Å². The average Bonchev–Trinajstić information content (AvgIpc) is 3.02. The topological polar surface area (TPSA) is 98.1 Å². The normalized spacial score (nSPS) is 10.7. The van der Waals surface area contributed by atoms with E-state index in [0.29, 0.717) is 18.2 Å². The van der Waals surface area contributed by atoms with E-state index in [0.717, 1.165) is 11.1 Å². The molecule has 2 aromatic heterocycles. The second kappa shape index (κ2) is 4.32. The molecule has 0 aliphatic heterocycles. The zero-order chi connectivity index (χ0) is 12.4. The Morgan fingerprint density at radius 1 is 1.22 bits per heavy atom. The van der Waals surface area contributed by atoms with Crippen molar-refractivity contribution < 1.29 is 0 Å². The molecule has 0 unspecified atom stereocenters. The van der Waals surface area contributed by atoms with Gasteiger partial charge in [0.2, 0.25) is 5.82 Å². The van der Waals surface area contributed by atoms with Gasteiger partial charge >= 0.3 is 0 Å². The first-order valence-corrected chi connectivity index (χ1v) is 5.39. The van der Waals surface area contributed by atoms with Gasteiger partial charge in [-0.25, -0.2) is 0 Å². The number of aromatic nitrogens is 8. The highest BCUT2D eigenvalue weighted by Crippen LogP contribution is 2.17. The van der Waals surface area contributed by atoms with Crippen LogP contribution in [0.2, 0.25) is 0 Å². The maximum absolute atomic E-state index is 4.29. The molecule has 0 spiro atoms. The maximum Gasteiger partial charge on any atom is 0.205 e. The largest absolute Gasteiger partial charge is 0.205 e. The molecule has 0 amide bonds. The van der Waals surface area contributed by atoms with Crippen molar-refractivity contribution >= 4 is 0 Å². The minimum atomic E-state index is 0.343. The molecule has 0 bridgehead atoms. The molecule has 1 N–H and O–H groups in total. The van der Waals surface area contributed by atoms with Crippen LogP contribution in [0.15, 0.2) is 24.3 Å². The third kappa shape index (κ3) is 1.95. The first kappa shape index (κ1) is 10.5. The molecule has 0 aliphatic carbocycles. The van der Waals surface area contributed by atoms with Crippen LogP contribution in [-0.4, -0.2) is 40.8 Å². The number of aryl methyl sites for hydroxylation is 1. The fraction of sp³-hybridized carbons (Fsp3) is 0.200. The Morgan fingerprint density at radius 3 is 2.89 bits per heavy atom. The highest BCUT2D eigenvalue weighted by Gasteiger charge is 2.09. The lowest BCUT2D eigenvalue weighted by Gasteiger charge is -1.98. The Balaban J connectivity index is 1.88. The molecule has 0 saturated carbocycles. The summed E-state index contributed by atoms with van der Waals surface area (Å²) in [4.78, 5) is 1.44. The first-order chi connectivity index (χ1) is 8.83. The molecule has 1 aromatic carbocycles. The fourth-order valence-electron chi connectivity index (χ4n) is 1.62. The minimum Gasteiger partial charge on any atom is -0.177 e. The molecular weight excluding hydrogens is 232 g/mol. The monoisotopic (exact) mass is 242 g/mol. The van der Waals surface area contributed by atoms with Crippen LogP contribution in [0, 0.1) is 6.92 Å². The van der Waals surface area contributed by atoms with Gasteiger partial charge in [-0.2, -0.15) is 10.0 Å². The van der Waals surface area contributed by atoms with Gasteiger partial charge in [-0.1, -0.05) is 29.5 Å². The number of hydrogen-bond donors (Lipinski definition) is 1. The first-order valence-electron chi connectivity index (χ1n) is 5.39. The Labute approximate surface area is 102 Å². The van der Waals surface area contributed by atoms with Crippen LogP contribution >= 0.6 is 0 Å². The van der Waals surface area contributed by atoms with Gasteiger partial charge in [0.05, 0.1) is 0 Å². The minimum absolute atomic E-state index is 0.343. The van der Waals surface area contributed by atoms with Gasteiger partial charge in [0, 0.05) is 5.56 Å². The van der Waals surface area contributed by atoms with Crippen LogP contribution in [0.1, 0.15) is 11.4 Å². The molecule has 90 valence electrons. The molecular formula is C10H10N8. The highest BCUT2D eigenvalue weighted by atomic mass is 15.6. The SMILES string of the molecule is Cc1ccccc1-c1nnn(Cc2nn[nH]n2)n1. The van der Waals surface area contributed by atoms with Crippen molar-refractivity contribution in [2.75, 3.05) is 0 Å². The van der Waals surface area contributed by atoms with Crippen molar-refractivity contribution in [2.45, 2.75) is 13.5 Å². The van der Waals surface area contributed by atoms with Gasteiger partial charge in [-0.3, -0.25) is 0 Å². The van der Waals surface area contributed by atoms with E-state index >= 15 is 0 Å². The summed E-state index contributed by atoms with van der Waals surface area (Å²) in [6.07, 6.45) is 0. The third-order valence-electron chi connectivity index (χ3n) is 2.51. The number of benzene rings is 1. The number of nitrogens with zero attached hydrogens (tertiary/aromatic N) is 7. The van der Waals surface area contributed by atoms with Crippen molar-refractivity contribution in [3.05, 3.63) is 35.7 Å². The van der Waals surface area contributed by atoms with E-state index in [9.17, 15) is 0 Å². The average molecular weight is 242 g/mol. The van der Waals surface area contributed by atoms with Crippen LogP contribution in [0.5, 0.6) is 0 Å². The summed E-state index contributed by atoms with van der Waals surface area (Å²) in [5.41, 5.74) is 2.08. The number of H-pyrrole nitrogens is 1. The van der Waals surface area contributed by atoms with Gasteiger partial charge in [-0.05, 0) is 17.7 Å². The van der Waals surface area contributed by atoms with Crippen LogP contribution < -0.4 is 0 Å². The summed E-state index contributed by atoms with van der Waals surface area (Å²) in [7, 11) is 0. The van der Waals surface area contributed by atoms with E-state index in [1.807, 2.05) is 31.2 Å². The van der Waals surface area contributed by atoms with Crippen molar-refractivity contribution in [3.8, 4) is 11.4 Å². The number of tetrazole rings is 2. The van der Waals surface area contributed by atoms with Crippen molar-refractivity contribution in [1.82, 2.24) is 40.8 Å². The molecule has 3 rings (SSSR count). The molecule has 18 heavy (non-hydrogen) atoms. The fourth-order valence-corrected chi connectivity index (χ4v) is 1.62. The predicted octanol–water partition coefficient (Wildman–Crippen LogP) is 0.210. The Morgan fingerprint density at radius 2 is 2.11 bits per heavy atom. The molecule has 8 heteroatoms. The van der Waals surface area contributed by atoms with Crippen LogP contribution in [0.3, 0.4) is 0 Å². The molecule has 2 heterocycles. The lowest BCUT2D eigenvalue weighted by molar-refractivity contribution is 0.555. The summed E-state index contributed by atoms with van der Waals surface area (Å²) in [6.45, 7) is 2.35. The molecule has 0 atom stereocenters. The molecule has 0 fully saturated rings. The zero-order valence-corrected chi connectivity index (χ0v) is 9.65. The summed E-state index contributed by atoms with van der Waals surface area (Å²) >= 11 is 0. The van der Waals surface area contributed by atoms with Crippen molar-refractivity contribution in [2.24, 2.45) is 0 Å². The number of nitrogens with one attached hydrogen (secondary N) is 1. The van der Waals surface area contributed by atoms with Gasteiger partial charge in [-0.15, -0.1) is 20.4 Å². The summed E-state index contributed by atoms with van der Waals surface area (Å²) in [6, 6.07) is 7.89. The molecule has 3 aromatic rings. The van der Waals surface area contributed by atoms with Gasteiger partial charge < -0.3 is 0 Å². The maximum atomic E-state index is 4.29. The standard InChI is InChI=1S/C10H10N8/c1-7-4-2-3-5-8(7)10-13-17-18(14-10)6-9-11-15-16-12-9/h2-5H,6H2,1H3,(H,11,12,15,16). The molecule has 0 radical (unpaired) electrons. The number of rotatable bonds is 3. The van der Waals surface area contributed by atoms with Gasteiger partial charge in [0.1, 0.15) is 6.54 Å². The lowest BCUT2D eigenvalue weighted by Crippen LogP contribution is -2.05. The third-order valence-corrected chi connectivity index (χ3v) is 2.51. The van der Waals surface area contributed by atoms with E-state index in [2.05, 4.69) is 36.0 Å². The number of aromatic amines is 1. The summed E-state index contributed by atoms with van der Waals surface area (Å²) < 4.78 is 0. The summed E-state index contributed by atoms with van der Waals surface area (Å²) in [5.74, 6) is 1.11. The van der Waals surface area contributed by atoms with Gasteiger partial charge in [0.15, 0.2) is 5.82 Å². The predicted molar refractivity (Wildman–Crippen MR) is 61.3 cm³/mol. The van der Waals surface area contributed by atoms with Gasteiger partial charge in [0.25, 0.3) is 0 Å². The molecule has 8 nitrogen and oxygen atoms in total.